The van der Waals surface area contributed by atoms with Gasteiger partial charge in [0.25, 0.3) is 5.56 Å². The minimum Gasteiger partial charge on any atom is -0.269 e. The topological polar surface area (TPSA) is 34.9 Å². The van der Waals surface area contributed by atoms with E-state index in [1.807, 2.05) is 13.2 Å². The van der Waals surface area contributed by atoms with Gasteiger partial charge in [0.2, 0.25) is 0 Å². The molecular formula is C12H11ClN2OS. The predicted octanol–water partition coefficient (Wildman–Crippen LogP) is 2.92. The maximum Gasteiger partial charge on any atom is 0.258 e. The molecule has 1 aromatic heterocycles. The second-order valence-electron chi connectivity index (χ2n) is 3.53. The Kier molecular flexibility index (Phi) is 3.54. The zero-order chi connectivity index (χ0) is 12.4. The summed E-state index contributed by atoms with van der Waals surface area (Å²) < 4.78 is 1.58. The van der Waals surface area contributed by atoms with Crippen LogP contribution in [0.1, 0.15) is 5.69 Å². The molecule has 0 aliphatic rings. The Hall–Kier alpha value is -1.26. The zero-order valence-electron chi connectivity index (χ0n) is 9.48. The lowest BCUT2D eigenvalue weighted by Gasteiger charge is -2.10. The molecule has 0 saturated carbocycles. The van der Waals surface area contributed by atoms with Crippen LogP contribution < -0.4 is 5.56 Å². The summed E-state index contributed by atoms with van der Waals surface area (Å²) in [6, 6.07) is 8.65. The summed E-state index contributed by atoms with van der Waals surface area (Å²) in [7, 11) is 0. The Morgan fingerprint density at radius 1 is 1.29 bits per heavy atom. The minimum atomic E-state index is -0.0795. The van der Waals surface area contributed by atoms with E-state index in [4.69, 9.17) is 11.6 Å². The highest BCUT2D eigenvalue weighted by molar-refractivity contribution is 7.98. The first-order valence-electron chi connectivity index (χ1n) is 5.02. The van der Waals surface area contributed by atoms with Crippen molar-refractivity contribution in [3.63, 3.8) is 0 Å². The molecule has 0 bridgehead atoms. The molecule has 2 aromatic rings. The first-order valence-corrected chi connectivity index (χ1v) is 6.62. The number of hydrogen-bond acceptors (Lipinski definition) is 3. The van der Waals surface area contributed by atoms with Crippen LogP contribution in [0.4, 0.5) is 0 Å². The van der Waals surface area contributed by atoms with E-state index in [9.17, 15) is 4.79 Å². The highest BCUT2D eigenvalue weighted by Gasteiger charge is 2.07. The minimum absolute atomic E-state index is 0.0795. The van der Waals surface area contributed by atoms with Gasteiger partial charge in [0, 0.05) is 16.8 Å². The fourth-order valence-electron chi connectivity index (χ4n) is 1.54. The van der Waals surface area contributed by atoms with Crippen molar-refractivity contribution in [1.82, 2.24) is 9.55 Å². The van der Waals surface area contributed by atoms with Gasteiger partial charge in [-0.3, -0.25) is 9.36 Å². The van der Waals surface area contributed by atoms with Gasteiger partial charge in [0.15, 0.2) is 5.16 Å². The summed E-state index contributed by atoms with van der Waals surface area (Å²) in [6.45, 7) is 1.81. The number of thioether (sulfide) groups is 1. The predicted molar refractivity (Wildman–Crippen MR) is 71.4 cm³/mol. The smallest absolute Gasteiger partial charge is 0.258 e. The maximum absolute atomic E-state index is 12.0. The van der Waals surface area contributed by atoms with Crippen molar-refractivity contribution in [3.05, 3.63) is 51.4 Å². The third-order valence-corrected chi connectivity index (χ3v) is 3.17. The van der Waals surface area contributed by atoms with Gasteiger partial charge in [0.1, 0.15) is 0 Å². The van der Waals surface area contributed by atoms with Gasteiger partial charge in [-0.15, -0.1) is 0 Å². The summed E-state index contributed by atoms with van der Waals surface area (Å²) in [5.41, 5.74) is 1.42. The standard InChI is InChI=1S/C12H11ClN2OS/c1-8-7-11(16)15(12(14-8)17-2)10-5-3-9(13)4-6-10/h3-7H,1-2H3. The van der Waals surface area contributed by atoms with Crippen LogP contribution in [0.25, 0.3) is 5.69 Å². The number of rotatable bonds is 2. The molecule has 0 saturated heterocycles. The molecule has 0 unspecified atom stereocenters. The quantitative estimate of drug-likeness (QED) is 0.619. The van der Waals surface area contributed by atoms with E-state index in [1.165, 1.54) is 17.8 Å². The number of hydrogen-bond donors (Lipinski definition) is 0. The van der Waals surface area contributed by atoms with E-state index in [0.717, 1.165) is 11.4 Å². The van der Waals surface area contributed by atoms with Gasteiger partial charge in [-0.05, 0) is 37.4 Å². The number of benzene rings is 1. The SMILES string of the molecule is CSc1nc(C)cc(=O)n1-c1ccc(Cl)cc1. The van der Waals surface area contributed by atoms with Crippen molar-refractivity contribution >= 4 is 23.4 Å². The molecule has 0 radical (unpaired) electrons. The molecule has 0 amide bonds. The van der Waals surface area contributed by atoms with Crippen molar-refractivity contribution in [1.29, 1.82) is 0 Å². The van der Waals surface area contributed by atoms with Gasteiger partial charge in [-0.2, -0.15) is 0 Å². The molecule has 0 fully saturated rings. The molecule has 5 heteroatoms. The Balaban J connectivity index is 2.66. The lowest BCUT2D eigenvalue weighted by molar-refractivity contribution is 0.782. The summed E-state index contributed by atoms with van der Waals surface area (Å²) in [6.07, 6.45) is 1.90. The van der Waals surface area contributed by atoms with E-state index < -0.39 is 0 Å². The lowest BCUT2D eigenvalue weighted by Crippen LogP contribution is -2.21. The summed E-state index contributed by atoms with van der Waals surface area (Å²) in [4.78, 5) is 16.3. The number of aromatic nitrogens is 2. The van der Waals surface area contributed by atoms with E-state index >= 15 is 0 Å². The molecule has 3 nitrogen and oxygen atoms in total. The summed E-state index contributed by atoms with van der Waals surface area (Å²) >= 11 is 7.27. The van der Waals surface area contributed by atoms with Crippen molar-refractivity contribution in [2.45, 2.75) is 12.1 Å². The maximum atomic E-state index is 12.0. The second-order valence-corrected chi connectivity index (χ2v) is 4.74. The van der Waals surface area contributed by atoms with Crippen LogP contribution in [0.5, 0.6) is 0 Å². The van der Waals surface area contributed by atoms with Crippen molar-refractivity contribution < 1.29 is 0 Å². The van der Waals surface area contributed by atoms with Gasteiger partial charge >= 0.3 is 0 Å². The zero-order valence-corrected chi connectivity index (χ0v) is 11.0. The van der Waals surface area contributed by atoms with Crippen LogP contribution in [0, 0.1) is 6.92 Å². The molecule has 1 heterocycles. The van der Waals surface area contributed by atoms with Crippen LogP contribution in [-0.2, 0) is 0 Å². The number of aryl methyl sites for hydroxylation is 1. The molecule has 0 aliphatic carbocycles. The largest absolute Gasteiger partial charge is 0.269 e. The Bertz CT molecular complexity index is 592. The van der Waals surface area contributed by atoms with Gasteiger partial charge in [-0.1, -0.05) is 23.4 Å². The average Bonchev–Trinajstić information content (AvgIpc) is 2.30. The molecular weight excluding hydrogens is 256 g/mol. The van der Waals surface area contributed by atoms with Crippen LogP contribution in [0.3, 0.4) is 0 Å². The fraction of sp³-hybridized carbons (Fsp3) is 0.167. The van der Waals surface area contributed by atoms with E-state index in [-0.39, 0.29) is 5.56 Å². The molecule has 0 spiro atoms. The highest BCUT2D eigenvalue weighted by Crippen LogP contribution is 2.17. The molecule has 2 rings (SSSR count). The van der Waals surface area contributed by atoms with Gasteiger partial charge in [0.05, 0.1) is 5.69 Å². The van der Waals surface area contributed by atoms with Crippen LogP contribution in [0.15, 0.2) is 40.3 Å². The third-order valence-electron chi connectivity index (χ3n) is 2.28. The first-order chi connectivity index (χ1) is 8.11. The molecule has 1 aromatic carbocycles. The van der Waals surface area contributed by atoms with E-state index in [2.05, 4.69) is 4.98 Å². The lowest BCUT2D eigenvalue weighted by atomic mass is 10.3. The Labute approximate surface area is 108 Å². The van der Waals surface area contributed by atoms with Crippen LogP contribution in [-0.4, -0.2) is 15.8 Å². The van der Waals surface area contributed by atoms with Crippen molar-refractivity contribution in [2.24, 2.45) is 0 Å². The third kappa shape index (κ3) is 2.53. The first kappa shape index (κ1) is 12.2. The van der Waals surface area contributed by atoms with Crippen LogP contribution >= 0.6 is 23.4 Å². The average molecular weight is 267 g/mol. The Morgan fingerprint density at radius 3 is 2.53 bits per heavy atom. The summed E-state index contributed by atoms with van der Waals surface area (Å²) in [5, 5.41) is 1.32. The number of halogens is 1. The summed E-state index contributed by atoms with van der Waals surface area (Å²) in [5.74, 6) is 0. The van der Waals surface area contributed by atoms with Gasteiger partial charge in [-0.25, -0.2) is 4.98 Å². The van der Waals surface area contributed by atoms with E-state index in [0.29, 0.717) is 10.2 Å². The monoisotopic (exact) mass is 266 g/mol. The molecule has 88 valence electrons. The number of nitrogens with zero attached hydrogens (tertiary/aromatic N) is 2. The molecule has 17 heavy (non-hydrogen) atoms. The second kappa shape index (κ2) is 4.94. The van der Waals surface area contributed by atoms with Crippen molar-refractivity contribution in [3.8, 4) is 5.69 Å². The fourth-order valence-corrected chi connectivity index (χ4v) is 2.27. The molecule has 0 atom stereocenters. The normalized spacial score (nSPS) is 10.5. The van der Waals surface area contributed by atoms with Gasteiger partial charge < -0.3 is 0 Å². The van der Waals surface area contributed by atoms with E-state index in [1.54, 1.807) is 28.8 Å². The Morgan fingerprint density at radius 2 is 1.94 bits per heavy atom. The van der Waals surface area contributed by atoms with Crippen molar-refractivity contribution in [2.75, 3.05) is 6.26 Å². The highest BCUT2D eigenvalue weighted by atomic mass is 35.5. The molecule has 0 N–H and O–H groups in total. The molecule has 0 aliphatic heterocycles. The van der Waals surface area contributed by atoms with Crippen LogP contribution in [0.2, 0.25) is 5.02 Å².